The Hall–Kier alpha value is -4.40. The molecule has 0 aliphatic rings. The third-order valence-corrected chi connectivity index (χ3v) is 6.86. The summed E-state index contributed by atoms with van der Waals surface area (Å²) in [5.41, 5.74) is 2.37. The Kier molecular flexibility index (Phi) is 8.49. The van der Waals surface area contributed by atoms with E-state index >= 15 is 0 Å². The molecular formula is C30H35N5O4. The van der Waals surface area contributed by atoms with E-state index in [0.29, 0.717) is 29.0 Å². The van der Waals surface area contributed by atoms with Crippen molar-refractivity contribution in [3.63, 3.8) is 0 Å². The molecule has 0 fully saturated rings. The fraction of sp³-hybridized carbons (Fsp3) is 0.333. The number of hydrogen-bond donors (Lipinski definition) is 1. The number of carbonyl (C=O) groups excluding carboxylic acids is 2. The van der Waals surface area contributed by atoms with E-state index < -0.39 is 11.6 Å². The lowest BCUT2D eigenvalue weighted by molar-refractivity contribution is -0.143. The molecule has 1 heterocycles. The van der Waals surface area contributed by atoms with Gasteiger partial charge in [-0.3, -0.25) is 9.59 Å². The molecule has 0 saturated carbocycles. The Bertz CT molecular complexity index is 1430. The highest BCUT2D eigenvalue weighted by Crippen LogP contribution is 2.35. The largest absolute Gasteiger partial charge is 0.497 e. The molecule has 0 aliphatic heterocycles. The third-order valence-electron chi connectivity index (χ3n) is 6.86. The summed E-state index contributed by atoms with van der Waals surface area (Å²) < 4.78 is 12.6. The smallest absolute Gasteiger partial charge is 0.248 e. The first-order valence-corrected chi connectivity index (χ1v) is 12.9. The molecule has 9 heteroatoms. The van der Waals surface area contributed by atoms with Crippen molar-refractivity contribution in [2.75, 3.05) is 14.2 Å². The van der Waals surface area contributed by atoms with Crippen LogP contribution in [0.1, 0.15) is 44.4 Å². The zero-order valence-electron chi connectivity index (χ0n) is 23.0. The van der Waals surface area contributed by atoms with E-state index in [1.807, 2.05) is 75.4 Å². The van der Waals surface area contributed by atoms with Crippen molar-refractivity contribution >= 4 is 22.8 Å². The fourth-order valence-electron chi connectivity index (χ4n) is 4.34. The van der Waals surface area contributed by atoms with E-state index in [1.165, 1.54) is 7.11 Å². The van der Waals surface area contributed by atoms with Crippen LogP contribution < -0.4 is 14.8 Å². The molecule has 1 atom stereocenters. The molecule has 4 rings (SSSR count). The number of para-hydroxylation sites is 1. The van der Waals surface area contributed by atoms with Gasteiger partial charge in [-0.1, -0.05) is 54.6 Å². The van der Waals surface area contributed by atoms with Crippen LogP contribution in [0.25, 0.3) is 11.0 Å². The lowest BCUT2D eigenvalue weighted by Crippen LogP contribution is -2.50. The first kappa shape index (κ1) is 27.6. The average Bonchev–Trinajstić information content (AvgIpc) is 3.35. The Morgan fingerprint density at radius 3 is 2.41 bits per heavy atom. The standard InChI is InChI=1S/C30H35N5O4/c1-6-30(2,3)31-29(37)28(23-17-16-22(38-4)18-26(23)39-5)34(19-21-12-8-7-9-13-21)27(36)20-35-25-15-11-10-14-24(25)32-33-35/h7-18,28H,6,19-20H2,1-5H3,(H,31,37)/t28-/m0/s1. The number of ether oxygens (including phenoxy) is 2. The molecule has 2 amide bonds. The lowest BCUT2D eigenvalue weighted by Gasteiger charge is -2.35. The van der Waals surface area contributed by atoms with Gasteiger partial charge in [-0.2, -0.15) is 0 Å². The zero-order valence-corrected chi connectivity index (χ0v) is 23.0. The van der Waals surface area contributed by atoms with Crippen LogP contribution in [0.5, 0.6) is 11.5 Å². The third kappa shape index (κ3) is 6.37. The number of benzene rings is 3. The molecule has 0 saturated heterocycles. The Morgan fingerprint density at radius 1 is 1.00 bits per heavy atom. The van der Waals surface area contributed by atoms with Gasteiger partial charge in [-0.25, -0.2) is 4.68 Å². The summed E-state index contributed by atoms with van der Waals surface area (Å²) in [6, 6.07) is 21.3. The Labute approximate surface area is 228 Å². The maximum absolute atomic E-state index is 14.1. The molecule has 4 aromatic rings. The lowest BCUT2D eigenvalue weighted by atomic mass is 9.97. The normalized spacial score (nSPS) is 12.1. The predicted octanol–water partition coefficient (Wildman–Crippen LogP) is 4.52. The van der Waals surface area contributed by atoms with E-state index in [2.05, 4.69) is 15.6 Å². The molecule has 0 spiro atoms. The van der Waals surface area contributed by atoms with Crippen molar-refractivity contribution in [3.8, 4) is 11.5 Å². The summed E-state index contributed by atoms with van der Waals surface area (Å²) in [7, 11) is 3.10. The quantitative estimate of drug-likeness (QED) is 0.307. The summed E-state index contributed by atoms with van der Waals surface area (Å²) in [5, 5.41) is 11.5. The van der Waals surface area contributed by atoms with Gasteiger partial charge < -0.3 is 19.7 Å². The second-order valence-electron chi connectivity index (χ2n) is 9.98. The van der Waals surface area contributed by atoms with Gasteiger partial charge >= 0.3 is 0 Å². The van der Waals surface area contributed by atoms with Crippen LogP contribution in [0.4, 0.5) is 0 Å². The first-order chi connectivity index (χ1) is 18.8. The van der Waals surface area contributed by atoms with Crippen molar-refractivity contribution < 1.29 is 19.1 Å². The van der Waals surface area contributed by atoms with Gasteiger partial charge in [0.15, 0.2) is 0 Å². The molecule has 3 aromatic carbocycles. The van der Waals surface area contributed by atoms with E-state index in [-0.39, 0.29) is 24.9 Å². The van der Waals surface area contributed by atoms with E-state index in [9.17, 15) is 9.59 Å². The molecule has 1 N–H and O–H groups in total. The van der Waals surface area contributed by atoms with Gasteiger partial charge in [-0.15, -0.1) is 5.10 Å². The van der Waals surface area contributed by atoms with Crippen LogP contribution in [0.15, 0.2) is 72.8 Å². The first-order valence-electron chi connectivity index (χ1n) is 12.9. The van der Waals surface area contributed by atoms with Gasteiger partial charge in [-0.05, 0) is 50.1 Å². The maximum atomic E-state index is 14.1. The molecule has 9 nitrogen and oxygen atoms in total. The van der Waals surface area contributed by atoms with Crippen LogP contribution >= 0.6 is 0 Å². The highest BCUT2D eigenvalue weighted by molar-refractivity contribution is 5.90. The molecule has 0 bridgehead atoms. The summed E-state index contributed by atoms with van der Waals surface area (Å²) >= 11 is 0. The van der Waals surface area contributed by atoms with E-state index in [4.69, 9.17) is 9.47 Å². The number of aromatic nitrogens is 3. The number of methoxy groups -OCH3 is 2. The molecule has 0 aliphatic carbocycles. The van der Waals surface area contributed by atoms with E-state index in [1.54, 1.807) is 34.9 Å². The van der Waals surface area contributed by atoms with Crippen LogP contribution in [-0.4, -0.2) is 51.5 Å². The van der Waals surface area contributed by atoms with Crippen LogP contribution in [0.2, 0.25) is 0 Å². The summed E-state index contributed by atoms with van der Waals surface area (Å²) in [5.74, 6) is 0.430. The number of nitrogens with one attached hydrogen (secondary N) is 1. The van der Waals surface area contributed by atoms with Crippen molar-refractivity contribution in [1.82, 2.24) is 25.2 Å². The fourth-order valence-corrected chi connectivity index (χ4v) is 4.34. The number of nitrogens with zero attached hydrogens (tertiary/aromatic N) is 4. The van der Waals surface area contributed by atoms with Crippen molar-refractivity contribution in [2.24, 2.45) is 0 Å². The second kappa shape index (κ2) is 12.0. The number of rotatable bonds is 11. The number of hydrogen-bond acceptors (Lipinski definition) is 6. The minimum Gasteiger partial charge on any atom is -0.497 e. The monoisotopic (exact) mass is 529 g/mol. The Balaban J connectivity index is 1.82. The summed E-state index contributed by atoms with van der Waals surface area (Å²) in [4.78, 5) is 29.8. The van der Waals surface area contributed by atoms with Gasteiger partial charge in [0.2, 0.25) is 11.8 Å². The van der Waals surface area contributed by atoms with Crippen molar-refractivity contribution in [1.29, 1.82) is 0 Å². The summed E-state index contributed by atoms with van der Waals surface area (Å²) in [6.07, 6.45) is 0.711. The van der Waals surface area contributed by atoms with Crippen LogP contribution in [0, 0.1) is 0 Å². The molecule has 1 aromatic heterocycles. The Morgan fingerprint density at radius 2 is 1.72 bits per heavy atom. The predicted molar refractivity (Wildman–Crippen MR) is 149 cm³/mol. The number of fused-ring (bicyclic) bond motifs is 1. The minimum absolute atomic E-state index is 0.0905. The van der Waals surface area contributed by atoms with Crippen LogP contribution in [-0.2, 0) is 22.7 Å². The van der Waals surface area contributed by atoms with Gasteiger partial charge in [0, 0.05) is 23.7 Å². The average molecular weight is 530 g/mol. The van der Waals surface area contributed by atoms with E-state index in [0.717, 1.165) is 11.1 Å². The topological polar surface area (TPSA) is 98.6 Å². The number of amides is 2. The highest BCUT2D eigenvalue weighted by Gasteiger charge is 2.36. The number of carbonyl (C=O) groups is 2. The SMILES string of the molecule is CCC(C)(C)NC(=O)[C@H](c1ccc(OC)cc1OC)N(Cc1ccccc1)C(=O)Cn1nnc2ccccc21. The molecule has 39 heavy (non-hydrogen) atoms. The molecule has 0 radical (unpaired) electrons. The van der Waals surface area contributed by atoms with Crippen LogP contribution in [0.3, 0.4) is 0 Å². The summed E-state index contributed by atoms with van der Waals surface area (Å²) in [6.45, 7) is 6.03. The zero-order chi connectivity index (χ0) is 28.0. The van der Waals surface area contributed by atoms with Gasteiger partial charge in [0.1, 0.15) is 29.6 Å². The van der Waals surface area contributed by atoms with Gasteiger partial charge in [0.05, 0.1) is 19.7 Å². The maximum Gasteiger partial charge on any atom is 0.248 e. The highest BCUT2D eigenvalue weighted by atomic mass is 16.5. The molecule has 0 unspecified atom stereocenters. The van der Waals surface area contributed by atoms with Crippen molar-refractivity contribution in [2.45, 2.75) is 51.9 Å². The second-order valence-corrected chi connectivity index (χ2v) is 9.98. The van der Waals surface area contributed by atoms with Gasteiger partial charge in [0.25, 0.3) is 0 Å². The van der Waals surface area contributed by atoms with Crippen molar-refractivity contribution in [3.05, 3.63) is 83.9 Å². The molecular weight excluding hydrogens is 494 g/mol. The molecule has 204 valence electrons. The minimum atomic E-state index is -0.987.